The van der Waals surface area contributed by atoms with Crippen LogP contribution in [0.25, 0.3) is 77.2 Å². The number of nitrogens with zero attached hydrogens (tertiary/aromatic N) is 2. The molecule has 0 aliphatic rings. The van der Waals surface area contributed by atoms with Gasteiger partial charge in [0.1, 0.15) is 23.0 Å². The Morgan fingerprint density at radius 1 is 0.381 bits per heavy atom. The van der Waals surface area contributed by atoms with Crippen molar-refractivity contribution in [3.63, 3.8) is 0 Å². The predicted molar refractivity (Wildman–Crippen MR) is 357 cm³/mol. The smallest absolute Gasteiger partial charge is 0.523 e. The van der Waals surface area contributed by atoms with Crippen molar-refractivity contribution >= 4 is 66.8 Å². The Balaban J connectivity index is 0.00000337. The molecular formula is C75H84Cl2HfN2O4. The number of benzene rings is 8. The quantitative estimate of drug-likeness (QED) is 0.0618. The van der Waals surface area contributed by atoms with Gasteiger partial charge in [-0.1, -0.05) is 131 Å². The molecule has 0 aliphatic carbocycles. The van der Waals surface area contributed by atoms with E-state index < -0.39 is 0 Å². The fourth-order valence-corrected chi connectivity index (χ4v) is 11.6. The zero-order valence-electron chi connectivity index (χ0n) is 52.4. The van der Waals surface area contributed by atoms with Gasteiger partial charge in [0.05, 0.1) is 46.7 Å². The average molecular weight is 1330 g/mol. The SMILES string of the molecule is [CH2-]COc1c(-c2cc(Cl)ccc2OCCCOc2ccc(Cl)cc2-c2cc(C)cc(-n3c4ccc(C(C)(C)C)cc4c4cc(C(C)(C)C)ccc43)c2OC[CH2-])cc(C)cc1-n1c2ccc(C(C)(C)C)cc2c2cc(C(C)(C)C)ccc21.[CH3-].[CH3-].[Hf+4]. The van der Waals surface area contributed by atoms with Crippen LogP contribution in [0, 0.1) is 42.5 Å². The molecule has 84 heavy (non-hydrogen) atoms. The van der Waals surface area contributed by atoms with Gasteiger partial charge in [0.25, 0.3) is 0 Å². The Bertz CT molecular complexity index is 3640. The van der Waals surface area contributed by atoms with Crippen molar-refractivity contribution in [1.82, 2.24) is 9.13 Å². The minimum Gasteiger partial charge on any atom is -0.523 e. The van der Waals surface area contributed by atoms with Gasteiger partial charge in [-0.2, -0.15) is 0 Å². The minimum atomic E-state index is -0.0281. The van der Waals surface area contributed by atoms with E-state index in [-0.39, 0.29) is 75.6 Å². The van der Waals surface area contributed by atoms with Gasteiger partial charge < -0.3 is 56.8 Å². The molecule has 0 saturated carbocycles. The standard InChI is InChI=1S/C73H78Cl2N2O4.2CH3.Hf/c1-17-78-68-58(34-44(3)36-64(68)76-60-26-20-46(70(5,6)7)38-52(60)53-39-47(71(8,9)10)21-27-61(53)76)56-42-50(74)24-30-66(56)80-32-19-33-81-67-31-25-51(75)43-57(67)59-35-45(4)37-65(69(59)79-18-2)77-62-28-22-48(72(11,12)13)40-54(62)55-41-49(73(14,15)16)23-29-63(55)77;;;/h20-31,34-43H,1-2,17-19,32-33H2,3-16H3;2*1H3;/q-2;2*-1;+4. The maximum absolute atomic E-state index is 6.88. The fourth-order valence-electron chi connectivity index (χ4n) is 11.3. The summed E-state index contributed by atoms with van der Waals surface area (Å²) in [6.07, 6.45) is 0.579. The third-order valence-electron chi connectivity index (χ3n) is 15.7. The van der Waals surface area contributed by atoms with Crippen molar-refractivity contribution in [2.45, 2.75) is 125 Å². The molecule has 0 amide bonds. The molecule has 0 atom stereocenters. The van der Waals surface area contributed by atoms with Crippen LogP contribution in [0.3, 0.4) is 0 Å². The number of hydrogen-bond acceptors (Lipinski definition) is 4. The van der Waals surface area contributed by atoms with Crippen LogP contribution in [0.1, 0.15) is 123 Å². The number of halogens is 2. The van der Waals surface area contributed by atoms with Crippen molar-refractivity contribution in [3.8, 4) is 56.6 Å². The zero-order chi connectivity index (χ0) is 58.1. The van der Waals surface area contributed by atoms with Gasteiger partial charge in [0.15, 0.2) is 0 Å². The second-order valence-electron chi connectivity index (χ2n) is 25.9. The van der Waals surface area contributed by atoms with E-state index in [0.29, 0.717) is 52.7 Å². The summed E-state index contributed by atoms with van der Waals surface area (Å²) in [5, 5.41) is 5.98. The molecule has 0 unspecified atom stereocenters. The summed E-state index contributed by atoms with van der Waals surface area (Å²) in [6.45, 7) is 41.0. The minimum absolute atomic E-state index is 0. The summed E-state index contributed by atoms with van der Waals surface area (Å²) in [4.78, 5) is 0. The Kier molecular flexibility index (Phi) is 19.6. The van der Waals surface area contributed by atoms with E-state index in [4.69, 9.17) is 42.1 Å². The summed E-state index contributed by atoms with van der Waals surface area (Å²) in [7, 11) is 0. The van der Waals surface area contributed by atoms with Gasteiger partial charge in [-0.25, -0.2) is 0 Å². The molecule has 6 nitrogen and oxygen atoms in total. The molecule has 0 N–H and O–H groups in total. The summed E-state index contributed by atoms with van der Waals surface area (Å²) in [6, 6.07) is 47.8. The molecule has 9 heteroatoms. The molecule has 0 aliphatic heterocycles. The van der Waals surface area contributed by atoms with Crippen LogP contribution >= 0.6 is 23.2 Å². The third-order valence-corrected chi connectivity index (χ3v) is 16.1. The fraction of sp³-hybridized carbons (Fsp3) is 0.307. The normalized spacial score (nSPS) is 12.1. The van der Waals surface area contributed by atoms with Crippen LogP contribution < -0.4 is 18.9 Å². The van der Waals surface area contributed by atoms with Crippen LogP contribution in [0.15, 0.2) is 133 Å². The van der Waals surface area contributed by atoms with Crippen LogP contribution in [0.4, 0.5) is 0 Å². The molecule has 2 aromatic heterocycles. The van der Waals surface area contributed by atoms with Gasteiger partial charge >= 0.3 is 25.8 Å². The van der Waals surface area contributed by atoms with E-state index in [1.807, 2.05) is 36.4 Å². The molecule has 0 saturated heterocycles. The number of fused-ring (bicyclic) bond motifs is 6. The first-order valence-corrected chi connectivity index (χ1v) is 29.2. The van der Waals surface area contributed by atoms with Crippen molar-refractivity contribution in [2.24, 2.45) is 0 Å². The third kappa shape index (κ3) is 12.9. The summed E-state index contributed by atoms with van der Waals surface area (Å²) >= 11 is 13.8. The second kappa shape index (κ2) is 25.1. The molecule has 2 heterocycles. The topological polar surface area (TPSA) is 46.8 Å². The van der Waals surface area contributed by atoms with E-state index in [2.05, 4.69) is 217 Å². The van der Waals surface area contributed by atoms with Gasteiger partial charge in [-0.05, 0) is 191 Å². The van der Waals surface area contributed by atoms with Crippen LogP contribution in [-0.4, -0.2) is 35.6 Å². The van der Waals surface area contributed by atoms with Crippen molar-refractivity contribution in [1.29, 1.82) is 0 Å². The monoisotopic (exact) mass is 1330 g/mol. The second-order valence-corrected chi connectivity index (χ2v) is 26.8. The molecule has 0 radical (unpaired) electrons. The first-order valence-electron chi connectivity index (χ1n) is 28.4. The number of rotatable bonds is 14. The van der Waals surface area contributed by atoms with E-state index >= 15 is 0 Å². The van der Waals surface area contributed by atoms with E-state index in [1.165, 1.54) is 43.8 Å². The molecule has 8 aromatic carbocycles. The van der Waals surface area contributed by atoms with Crippen LogP contribution in [-0.2, 0) is 47.5 Å². The maximum Gasteiger partial charge on any atom is 4.00 e. The largest absolute Gasteiger partial charge is 4.00 e. The summed E-state index contributed by atoms with van der Waals surface area (Å²) < 4.78 is 31.5. The Morgan fingerprint density at radius 3 is 0.952 bits per heavy atom. The average Bonchev–Trinajstić information content (AvgIpc) is 4.11. The van der Waals surface area contributed by atoms with Gasteiger partial charge in [0.2, 0.25) is 0 Å². The molecule has 0 fully saturated rings. The number of hydrogen-bond donors (Lipinski definition) is 0. The Morgan fingerprint density at radius 2 is 0.679 bits per heavy atom. The number of aromatic nitrogens is 2. The molecular weight excluding hydrogens is 1240 g/mol. The summed E-state index contributed by atoms with van der Waals surface area (Å²) in [5.41, 5.74) is 16.7. The van der Waals surface area contributed by atoms with E-state index in [0.717, 1.165) is 66.8 Å². The number of ether oxygens (including phenoxy) is 4. The Hall–Kier alpha value is -5.99. The number of aryl methyl sites for hydroxylation is 2. The summed E-state index contributed by atoms with van der Waals surface area (Å²) in [5.74, 6) is 2.76. The molecule has 0 bridgehead atoms. The van der Waals surface area contributed by atoms with Crippen molar-refractivity contribution in [2.75, 3.05) is 26.4 Å². The van der Waals surface area contributed by atoms with Gasteiger partial charge in [-0.15, -0.1) is 0 Å². The Labute approximate surface area is 530 Å². The maximum atomic E-state index is 6.88. The molecule has 10 aromatic rings. The van der Waals surface area contributed by atoms with Crippen LogP contribution in [0.2, 0.25) is 10.0 Å². The van der Waals surface area contributed by atoms with Gasteiger partial charge in [-0.3, -0.25) is 0 Å². The first kappa shape index (κ1) is 65.6. The first-order chi connectivity index (χ1) is 38.2. The van der Waals surface area contributed by atoms with Crippen LogP contribution in [0.5, 0.6) is 23.0 Å². The van der Waals surface area contributed by atoms with E-state index in [9.17, 15) is 0 Å². The van der Waals surface area contributed by atoms with Crippen molar-refractivity contribution in [3.05, 3.63) is 206 Å². The zero-order valence-corrected chi connectivity index (χ0v) is 57.5. The predicted octanol–water partition coefficient (Wildman–Crippen LogP) is 21.5. The van der Waals surface area contributed by atoms with E-state index in [1.54, 1.807) is 0 Å². The van der Waals surface area contributed by atoms with Gasteiger partial charge in [0, 0.05) is 60.3 Å². The molecule has 436 valence electrons. The molecule has 10 rings (SSSR count). The van der Waals surface area contributed by atoms with Crippen molar-refractivity contribution < 1.29 is 44.8 Å². The molecule has 0 spiro atoms.